The maximum Gasteiger partial charge on any atom is 0.247 e. The van der Waals surface area contributed by atoms with E-state index < -0.39 is 0 Å². The van der Waals surface area contributed by atoms with Gasteiger partial charge in [0.15, 0.2) is 0 Å². The molecule has 36 heavy (non-hydrogen) atoms. The molecular weight excluding hydrogens is 444 g/mol. The molecule has 5 heteroatoms. The molecule has 2 heterocycles. The number of piperazine rings is 1. The number of unbranched alkanes of at least 4 members (excludes halogenated alkanes) is 1. The first kappa shape index (κ1) is 25.8. The third-order valence-electron chi connectivity index (χ3n) is 6.89. The van der Waals surface area contributed by atoms with Crippen molar-refractivity contribution in [3.05, 3.63) is 107 Å². The van der Waals surface area contributed by atoms with Crippen LogP contribution in [0.1, 0.15) is 48.9 Å². The highest BCUT2D eigenvalue weighted by atomic mass is 16.1. The molecule has 0 aliphatic carbocycles. The molecule has 1 amide bonds. The van der Waals surface area contributed by atoms with Crippen LogP contribution in [0.3, 0.4) is 0 Å². The smallest absolute Gasteiger partial charge is 0.247 e. The van der Waals surface area contributed by atoms with E-state index in [1.54, 1.807) is 12.4 Å². The zero-order valence-corrected chi connectivity index (χ0v) is 21.4. The van der Waals surface area contributed by atoms with Crippen molar-refractivity contribution in [3.63, 3.8) is 0 Å². The molecular formula is C31H38N4O. The fourth-order valence-corrected chi connectivity index (χ4v) is 4.90. The first-order chi connectivity index (χ1) is 17.7. The predicted octanol–water partition coefficient (Wildman–Crippen LogP) is 5.18. The van der Waals surface area contributed by atoms with Gasteiger partial charge in [0, 0.05) is 50.7 Å². The van der Waals surface area contributed by atoms with E-state index in [2.05, 4.69) is 80.8 Å². The zero-order chi connectivity index (χ0) is 25.0. The van der Waals surface area contributed by atoms with Crippen molar-refractivity contribution < 1.29 is 4.79 Å². The van der Waals surface area contributed by atoms with Gasteiger partial charge in [0.05, 0.1) is 6.04 Å². The Morgan fingerprint density at radius 3 is 2.17 bits per heavy atom. The Bertz CT molecular complexity index is 1040. The number of carbonyl (C=O) groups excluding carboxylic acids is 1. The molecule has 1 aliphatic rings. The molecule has 188 valence electrons. The Balaban J connectivity index is 1.20. The van der Waals surface area contributed by atoms with Gasteiger partial charge in [-0.25, -0.2) is 0 Å². The van der Waals surface area contributed by atoms with E-state index in [1.807, 2.05) is 25.1 Å². The number of hydrogen-bond donors (Lipinski definition) is 1. The molecule has 0 atom stereocenters. The van der Waals surface area contributed by atoms with Crippen molar-refractivity contribution in [2.24, 2.45) is 0 Å². The van der Waals surface area contributed by atoms with Crippen molar-refractivity contribution in [2.75, 3.05) is 39.3 Å². The van der Waals surface area contributed by atoms with Gasteiger partial charge < -0.3 is 10.2 Å². The summed E-state index contributed by atoms with van der Waals surface area (Å²) in [5.41, 5.74) is 4.48. The van der Waals surface area contributed by atoms with Gasteiger partial charge in [-0.1, -0.05) is 73.7 Å². The van der Waals surface area contributed by atoms with Crippen LogP contribution in [0.4, 0.5) is 0 Å². The summed E-state index contributed by atoms with van der Waals surface area (Å²) < 4.78 is 0. The second-order valence-electron chi connectivity index (χ2n) is 9.37. The zero-order valence-electron chi connectivity index (χ0n) is 21.4. The number of aromatic nitrogens is 1. The lowest BCUT2D eigenvalue weighted by Crippen LogP contribution is -2.48. The van der Waals surface area contributed by atoms with E-state index in [4.69, 9.17) is 0 Å². The monoisotopic (exact) mass is 482 g/mol. The lowest BCUT2D eigenvalue weighted by atomic mass is 9.96. The van der Waals surface area contributed by atoms with E-state index in [1.165, 1.54) is 11.1 Å². The number of benzene rings is 2. The third-order valence-corrected chi connectivity index (χ3v) is 6.89. The first-order valence-electron chi connectivity index (χ1n) is 13.2. The molecule has 0 unspecified atom stereocenters. The van der Waals surface area contributed by atoms with Gasteiger partial charge in [-0.3, -0.25) is 14.7 Å². The van der Waals surface area contributed by atoms with Gasteiger partial charge in [-0.15, -0.1) is 0 Å². The van der Waals surface area contributed by atoms with Crippen molar-refractivity contribution >= 4 is 12.0 Å². The van der Waals surface area contributed by atoms with Gasteiger partial charge in [0.2, 0.25) is 5.91 Å². The quantitative estimate of drug-likeness (QED) is 0.302. The van der Waals surface area contributed by atoms with Gasteiger partial charge >= 0.3 is 0 Å². The molecule has 0 bridgehead atoms. The minimum absolute atomic E-state index is 0.0304. The topological polar surface area (TPSA) is 48.5 Å². The van der Waals surface area contributed by atoms with Crippen LogP contribution in [0.2, 0.25) is 0 Å². The lowest BCUT2D eigenvalue weighted by molar-refractivity contribution is -0.117. The summed E-state index contributed by atoms with van der Waals surface area (Å²) >= 11 is 0. The molecule has 1 aliphatic heterocycles. The highest BCUT2D eigenvalue weighted by molar-refractivity contribution is 5.97. The second-order valence-corrected chi connectivity index (χ2v) is 9.37. The van der Waals surface area contributed by atoms with E-state index in [-0.39, 0.29) is 5.91 Å². The van der Waals surface area contributed by atoms with Crippen molar-refractivity contribution in [3.8, 4) is 0 Å². The van der Waals surface area contributed by atoms with Gasteiger partial charge in [-0.2, -0.15) is 0 Å². The molecule has 5 nitrogen and oxygen atoms in total. The normalized spacial score (nSPS) is 15.2. The fraction of sp³-hybridized carbons (Fsp3) is 0.355. The molecule has 1 aromatic heterocycles. The van der Waals surface area contributed by atoms with Crippen molar-refractivity contribution in [2.45, 2.75) is 32.2 Å². The van der Waals surface area contributed by atoms with Crippen LogP contribution in [0.15, 0.2) is 90.8 Å². The molecule has 0 saturated carbocycles. The number of nitrogens with one attached hydrogen (secondary N) is 1. The van der Waals surface area contributed by atoms with Gasteiger partial charge in [0.25, 0.3) is 0 Å². The number of amides is 1. The Labute approximate surface area is 215 Å². The molecule has 1 saturated heterocycles. The molecule has 3 aromatic rings. The average molecular weight is 483 g/mol. The van der Waals surface area contributed by atoms with Gasteiger partial charge in [-0.05, 0) is 54.6 Å². The minimum Gasteiger partial charge on any atom is -0.352 e. The Kier molecular flexibility index (Phi) is 9.83. The van der Waals surface area contributed by atoms with Crippen molar-refractivity contribution in [1.82, 2.24) is 20.1 Å². The van der Waals surface area contributed by atoms with Gasteiger partial charge in [0.1, 0.15) is 0 Å². The maximum atomic E-state index is 12.6. The minimum atomic E-state index is 0.0304. The first-order valence-corrected chi connectivity index (χ1v) is 13.2. The molecule has 0 spiro atoms. The molecule has 1 fully saturated rings. The largest absolute Gasteiger partial charge is 0.352 e. The lowest BCUT2D eigenvalue weighted by Gasteiger charge is -2.39. The summed E-state index contributed by atoms with van der Waals surface area (Å²) in [5.74, 6) is 0.0304. The van der Waals surface area contributed by atoms with Crippen LogP contribution < -0.4 is 5.32 Å². The number of nitrogens with zero attached hydrogens (tertiary/aromatic N) is 3. The SMILES string of the molecule is CCC(=Cc1cccnc1)C(=O)NCCCCN1CCN(C(c2ccccc2)c2ccccc2)CC1. The van der Waals surface area contributed by atoms with E-state index in [9.17, 15) is 4.79 Å². The molecule has 1 N–H and O–H groups in total. The van der Waals surface area contributed by atoms with E-state index in [0.717, 1.165) is 56.7 Å². The predicted molar refractivity (Wildman–Crippen MR) is 147 cm³/mol. The van der Waals surface area contributed by atoms with E-state index in [0.29, 0.717) is 19.0 Å². The van der Waals surface area contributed by atoms with E-state index >= 15 is 0 Å². The van der Waals surface area contributed by atoms with Crippen LogP contribution in [-0.4, -0.2) is 60.0 Å². The summed E-state index contributed by atoms with van der Waals surface area (Å²) in [6, 6.07) is 25.9. The van der Waals surface area contributed by atoms with Crippen molar-refractivity contribution in [1.29, 1.82) is 0 Å². The maximum absolute atomic E-state index is 12.6. The molecule has 2 aromatic carbocycles. The van der Waals surface area contributed by atoms with Crippen LogP contribution >= 0.6 is 0 Å². The standard InChI is InChI=1S/C31H38N4O/c1-2-27(24-26-12-11-17-32-25-26)31(36)33-18-9-10-19-34-20-22-35(23-21-34)30(28-13-5-3-6-14-28)29-15-7-4-8-16-29/h3-8,11-17,24-25,30H,2,9-10,18-23H2,1H3,(H,33,36). The number of rotatable bonds is 11. The number of carbonyl (C=O) groups is 1. The summed E-state index contributed by atoms with van der Waals surface area (Å²) in [6.07, 6.45) is 8.25. The Hall–Kier alpha value is -3.28. The Morgan fingerprint density at radius 2 is 1.58 bits per heavy atom. The van der Waals surface area contributed by atoms with Crippen LogP contribution in [0.25, 0.3) is 6.08 Å². The number of hydrogen-bond acceptors (Lipinski definition) is 4. The fourth-order valence-electron chi connectivity index (χ4n) is 4.90. The highest BCUT2D eigenvalue weighted by Gasteiger charge is 2.26. The van der Waals surface area contributed by atoms with Crippen LogP contribution in [0, 0.1) is 0 Å². The summed E-state index contributed by atoms with van der Waals surface area (Å²) in [7, 11) is 0. The second kappa shape index (κ2) is 13.7. The number of pyridine rings is 1. The summed E-state index contributed by atoms with van der Waals surface area (Å²) in [5, 5.41) is 3.10. The summed E-state index contributed by atoms with van der Waals surface area (Å²) in [6.45, 7) is 8.09. The molecule has 0 radical (unpaired) electrons. The Morgan fingerprint density at radius 1 is 0.917 bits per heavy atom. The molecule has 4 rings (SSSR count). The average Bonchev–Trinajstić information content (AvgIpc) is 2.94. The highest BCUT2D eigenvalue weighted by Crippen LogP contribution is 2.29. The van der Waals surface area contributed by atoms with Crippen LogP contribution in [-0.2, 0) is 4.79 Å². The third kappa shape index (κ3) is 7.36. The summed E-state index contributed by atoms with van der Waals surface area (Å²) in [4.78, 5) is 21.9. The van der Waals surface area contributed by atoms with Crippen LogP contribution in [0.5, 0.6) is 0 Å².